The summed E-state index contributed by atoms with van der Waals surface area (Å²) in [5, 5.41) is 7.19. The number of nitrogens with zero attached hydrogens (tertiary/aromatic N) is 1. The molecule has 24 heavy (non-hydrogen) atoms. The molecular weight excluding hydrogens is 302 g/mol. The molecule has 0 amide bonds. The lowest BCUT2D eigenvalue weighted by Gasteiger charge is -2.35. The largest absolute Gasteiger partial charge is 0.380 e. The van der Waals surface area contributed by atoms with Gasteiger partial charge in [-0.25, -0.2) is 0 Å². The fraction of sp³-hybridized carbons (Fsp3) is 1.00. The predicted octanol–water partition coefficient (Wildman–Crippen LogP) is 2.26. The van der Waals surface area contributed by atoms with Crippen LogP contribution in [-0.2, 0) is 9.47 Å². The molecule has 0 saturated carbocycles. The first-order valence-corrected chi connectivity index (χ1v) is 9.58. The van der Waals surface area contributed by atoms with Crippen LogP contribution in [-0.4, -0.2) is 74.6 Å². The standard InChI is InChI=1S/C19H41N3O2/c1-18(2,3)21-15-17-16-22(10-9-20-17)11-14-23-12-7-8-13-24-19(4,5)6/h17,20-21H,7-16H2,1-6H3. The van der Waals surface area contributed by atoms with Gasteiger partial charge in [0.25, 0.3) is 0 Å². The van der Waals surface area contributed by atoms with Gasteiger partial charge in [0.1, 0.15) is 0 Å². The number of rotatable bonds is 10. The zero-order valence-corrected chi connectivity index (χ0v) is 16.9. The summed E-state index contributed by atoms with van der Waals surface area (Å²) in [5.74, 6) is 0. The molecule has 1 heterocycles. The van der Waals surface area contributed by atoms with Crippen molar-refractivity contribution in [3.63, 3.8) is 0 Å². The fourth-order valence-corrected chi connectivity index (χ4v) is 2.64. The van der Waals surface area contributed by atoms with Crippen molar-refractivity contribution in [2.75, 3.05) is 52.5 Å². The first-order chi connectivity index (χ1) is 11.2. The van der Waals surface area contributed by atoms with E-state index in [4.69, 9.17) is 9.47 Å². The average molecular weight is 344 g/mol. The van der Waals surface area contributed by atoms with Crippen molar-refractivity contribution in [1.82, 2.24) is 15.5 Å². The minimum atomic E-state index is -0.0262. The molecule has 2 N–H and O–H groups in total. The fourth-order valence-electron chi connectivity index (χ4n) is 2.64. The van der Waals surface area contributed by atoms with Crippen LogP contribution in [0.5, 0.6) is 0 Å². The Bertz CT molecular complexity index is 324. The van der Waals surface area contributed by atoms with Crippen LogP contribution in [0, 0.1) is 0 Å². The van der Waals surface area contributed by atoms with E-state index in [-0.39, 0.29) is 11.1 Å². The Labute approximate surface area is 149 Å². The van der Waals surface area contributed by atoms with Crippen molar-refractivity contribution in [3.05, 3.63) is 0 Å². The van der Waals surface area contributed by atoms with Crippen LogP contribution in [0.15, 0.2) is 0 Å². The van der Waals surface area contributed by atoms with E-state index in [0.717, 1.165) is 65.4 Å². The van der Waals surface area contributed by atoms with Gasteiger partial charge < -0.3 is 20.1 Å². The Kier molecular flexibility index (Phi) is 9.75. The first-order valence-electron chi connectivity index (χ1n) is 9.58. The third kappa shape index (κ3) is 12.2. The van der Waals surface area contributed by atoms with E-state index in [1.54, 1.807) is 0 Å². The molecule has 0 aromatic carbocycles. The highest BCUT2D eigenvalue weighted by Gasteiger charge is 2.20. The van der Waals surface area contributed by atoms with E-state index in [2.05, 4.69) is 57.1 Å². The van der Waals surface area contributed by atoms with Gasteiger partial charge >= 0.3 is 0 Å². The van der Waals surface area contributed by atoms with Gasteiger partial charge in [-0.3, -0.25) is 4.90 Å². The molecule has 0 radical (unpaired) electrons. The second-order valence-corrected chi connectivity index (χ2v) is 8.86. The lowest BCUT2D eigenvalue weighted by atomic mass is 10.1. The topological polar surface area (TPSA) is 45.8 Å². The summed E-state index contributed by atoms with van der Waals surface area (Å²) in [6.45, 7) is 20.8. The third-order valence-corrected chi connectivity index (χ3v) is 3.99. The molecule has 5 nitrogen and oxygen atoms in total. The zero-order valence-electron chi connectivity index (χ0n) is 16.9. The summed E-state index contributed by atoms with van der Waals surface area (Å²) < 4.78 is 11.5. The van der Waals surface area contributed by atoms with E-state index < -0.39 is 0 Å². The molecule has 0 spiro atoms. The van der Waals surface area contributed by atoms with Gasteiger partial charge in [-0.2, -0.15) is 0 Å². The predicted molar refractivity (Wildman–Crippen MR) is 102 cm³/mol. The summed E-state index contributed by atoms with van der Waals surface area (Å²) in [7, 11) is 0. The maximum absolute atomic E-state index is 5.78. The Morgan fingerprint density at radius 1 is 1.04 bits per heavy atom. The quantitative estimate of drug-likeness (QED) is 0.596. The number of hydrogen-bond donors (Lipinski definition) is 2. The van der Waals surface area contributed by atoms with Crippen molar-refractivity contribution in [2.24, 2.45) is 0 Å². The number of unbranched alkanes of at least 4 members (excludes halogenated alkanes) is 1. The summed E-state index contributed by atoms with van der Waals surface area (Å²) >= 11 is 0. The summed E-state index contributed by atoms with van der Waals surface area (Å²) in [6.07, 6.45) is 2.15. The van der Waals surface area contributed by atoms with Gasteiger partial charge in [0.05, 0.1) is 12.2 Å². The lowest BCUT2D eigenvalue weighted by molar-refractivity contribution is -0.00770. The van der Waals surface area contributed by atoms with Crippen molar-refractivity contribution in [1.29, 1.82) is 0 Å². The maximum Gasteiger partial charge on any atom is 0.0598 e. The number of nitrogens with one attached hydrogen (secondary N) is 2. The van der Waals surface area contributed by atoms with Crippen LogP contribution >= 0.6 is 0 Å². The zero-order chi connectivity index (χ0) is 18.1. The van der Waals surface area contributed by atoms with Gasteiger partial charge in [0, 0.05) is 57.5 Å². The maximum atomic E-state index is 5.78. The number of piperazine rings is 1. The number of ether oxygens (including phenoxy) is 2. The van der Waals surface area contributed by atoms with Crippen LogP contribution in [0.2, 0.25) is 0 Å². The minimum absolute atomic E-state index is 0.0262. The minimum Gasteiger partial charge on any atom is -0.380 e. The van der Waals surface area contributed by atoms with Gasteiger partial charge in [-0.1, -0.05) is 0 Å². The van der Waals surface area contributed by atoms with E-state index >= 15 is 0 Å². The monoisotopic (exact) mass is 343 g/mol. The molecule has 0 bridgehead atoms. The summed E-state index contributed by atoms with van der Waals surface area (Å²) in [5.41, 5.74) is 0.158. The highest BCUT2D eigenvalue weighted by Crippen LogP contribution is 2.07. The van der Waals surface area contributed by atoms with Crippen molar-refractivity contribution in [2.45, 2.75) is 71.6 Å². The molecule has 1 aliphatic heterocycles. The Morgan fingerprint density at radius 2 is 1.75 bits per heavy atom. The van der Waals surface area contributed by atoms with E-state index in [1.807, 2.05) is 0 Å². The summed E-state index contributed by atoms with van der Waals surface area (Å²) in [4.78, 5) is 2.51. The lowest BCUT2D eigenvalue weighted by Crippen LogP contribution is -2.56. The van der Waals surface area contributed by atoms with Crippen LogP contribution < -0.4 is 10.6 Å². The molecule has 1 saturated heterocycles. The molecule has 1 atom stereocenters. The molecule has 1 aliphatic rings. The van der Waals surface area contributed by atoms with Crippen LogP contribution in [0.1, 0.15) is 54.4 Å². The highest BCUT2D eigenvalue weighted by atomic mass is 16.5. The SMILES string of the molecule is CC(C)(C)NCC1CN(CCOCCCCOC(C)(C)C)CCN1. The molecule has 1 rings (SSSR count). The van der Waals surface area contributed by atoms with Gasteiger partial charge in [-0.05, 0) is 54.4 Å². The molecule has 1 fully saturated rings. The summed E-state index contributed by atoms with van der Waals surface area (Å²) in [6, 6.07) is 0.535. The van der Waals surface area contributed by atoms with Gasteiger partial charge in [-0.15, -0.1) is 0 Å². The second kappa shape index (κ2) is 10.7. The molecule has 0 aliphatic carbocycles. The Balaban J connectivity index is 2.00. The second-order valence-electron chi connectivity index (χ2n) is 8.86. The molecule has 144 valence electrons. The van der Waals surface area contributed by atoms with Crippen LogP contribution in [0.25, 0.3) is 0 Å². The normalized spacial score (nSPS) is 20.5. The molecular formula is C19H41N3O2. The van der Waals surface area contributed by atoms with Crippen molar-refractivity contribution < 1.29 is 9.47 Å². The van der Waals surface area contributed by atoms with Crippen LogP contribution in [0.4, 0.5) is 0 Å². The molecule has 0 aromatic rings. The first kappa shape index (κ1) is 21.8. The van der Waals surface area contributed by atoms with Gasteiger partial charge in [0.2, 0.25) is 0 Å². The van der Waals surface area contributed by atoms with E-state index in [0.29, 0.717) is 6.04 Å². The Morgan fingerprint density at radius 3 is 2.42 bits per heavy atom. The van der Waals surface area contributed by atoms with E-state index in [9.17, 15) is 0 Å². The van der Waals surface area contributed by atoms with Crippen molar-refractivity contribution in [3.8, 4) is 0 Å². The third-order valence-electron chi connectivity index (χ3n) is 3.99. The Hall–Kier alpha value is -0.200. The smallest absolute Gasteiger partial charge is 0.0598 e. The average Bonchev–Trinajstić information content (AvgIpc) is 2.46. The van der Waals surface area contributed by atoms with Crippen LogP contribution in [0.3, 0.4) is 0 Å². The highest BCUT2D eigenvalue weighted by molar-refractivity contribution is 4.83. The van der Waals surface area contributed by atoms with Gasteiger partial charge in [0.15, 0.2) is 0 Å². The molecule has 1 unspecified atom stereocenters. The van der Waals surface area contributed by atoms with E-state index in [1.165, 1.54) is 0 Å². The molecule has 5 heteroatoms. The van der Waals surface area contributed by atoms with Crippen molar-refractivity contribution >= 4 is 0 Å². The number of hydrogen-bond acceptors (Lipinski definition) is 5. The molecule has 0 aromatic heterocycles.